The standard InChI is InChI=1S/C23H28N6O4/c1-16-23(22(31)28-25-2,14-18-6-3-4-7-19(18)15-26-29-24)27-21(33-16)17-8-10-20(11-9-17)32-13-5-12-30/h3-4,6-11,16,25,30H,5,12-15H2,1-2H3,(H,28,31)/t16-,23-/m0/s1. The molecule has 1 heterocycles. The number of rotatable bonds is 11. The van der Waals surface area contributed by atoms with Gasteiger partial charge >= 0.3 is 0 Å². The van der Waals surface area contributed by atoms with E-state index in [-0.39, 0.29) is 25.5 Å². The smallest absolute Gasteiger partial charge is 0.266 e. The Kier molecular flexibility index (Phi) is 8.26. The van der Waals surface area contributed by atoms with E-state index >= 15 is 0 Å². The number of nitrogens with zero attached hydrogens (tertiary/aromatic N) is 4. The Hall–Kier alpha value is -3.59. The Morgan fingerprint density at radius 2 is 2.00 bits per heavy atom. The molecule has 0 bridgehead atoms. The van der Waals surface area contributed by atoms with Crippen LogP contribution in [0, 0.1) is 0 Å². The topological polar surface area (TPSA) is 141 Å². The van der Waals surface area contributed by atoms with Gasteiger partial charge in [-0.3, -0.25) is 10.2 Å². The Labute approximate surface area is 192 Å². The van der Waals surface area contributed by atoms with Crippen molar-refractivity contribution in [3.8, 4) is 5.75 Å². The lowest BCUT2D eigenvalue weighted by Crippen LogP contribution is -2.55. The number of hydrazine groups is 1. The molecule has 0 fully saturated rings. The fraction of sp³-hybridized carbons (Fsp3) is 0.391. The number of nitrogens with one attached hydrogen (secondary N) is 2. The van der Waals surface area contributed by atoms with Gasteiger partial charge in [0.1, 0.15) is 11.9 Å². The summed E-state index contributed by atoms with van der Waals surface area (Å²) in [6, 6.07) is 14.7. The van der Waals surface area contributed by atoms with Gasteiger partial charge in [0, 0.05) is 37.0 Å². The van der Waals surface area contributed by atoms with Gasteiger partial charge < -0.3 is 14.6 Å². The molecule has 10 nitrogen and oxygen atoms in total. The van der Waals surface area contributed by atoms with Crippen LogP contribution in [0.25, 0.3) is 10.4 Å². The van der Waals surface area contributed by atoms with Crippen molar-refractivity contribution in [2.45, 2.75) is 38.0 Å². The van der Waals surface area contributed by atoms with Gasteiger partial charge in [-0.25, -0.2) is 10.4 Å². The van der Waals surface area contributed by atoms with Gasteiger partial charge in [0.25, 0.3) is 5.91 Å². The highest BCUT2D eigenvalue weighted by Gasteiger charge is 2.50. The van der Waals surface area contributed by atoms with Crippen LogP contribution < -0.4 is 15.6 Å². The first-order valence-electron chi connectivity index (χ1n) is 10.7. The summed E-state index contributed by atoms with van der Waals surface area (Å²) in [5, 5.41) is 12.6. The molecule has 0 aromatic heterocycles. The molecule has 0 unspecified atom stereocenters. The second-order valence-electron chi connectivity index (χ2n) is 7.59. The molecule has 3 rings (SSSR count). The van der Waals surface area contributed by atoms with E-state index in [0.29, 0.717) is 24.7 Å². The van der Waals surface area contributed by atoms with Crippen molar-refractivity contribution in [3.05, 3.63) is 75.7 Å². The van der Waals surface area contributed by atoms with Gasteiger partial charge in [0.2, 0.25) is 5.90 Å². The minimum atomic E-state index is -1.22. The Bertz CT molecular complexity index is 1040. The average molecular weight is 453 g/mol. The normalized spacial score (nSPS) is 19.2. The van der Waals surface area contributed by atoms with Gasteiger partial charge in [-0.15, -0.1) is 0 Å². The van der Waals surface area contributed by atoms with Gasteiger partial charge in [-0.05, 0) is 47.8 Å². The zero-order valence-corrected chi connectivity index (χ0v) is 18.7. The van der Waals surface area contributed by atoms with Crippen LogP contribution in [-0.2, 0) is 22.5 Å². The number of hydrogen-bond donors (Lipinski definition) is 3. The number of hydrogen-bond acceptors (Lipinski definition) is 7. The van der Waals surface area contributed by atoms with Crippen molar-refractivity contribution in [1.29, 1.82) is 0 Å². The average Bonchev–Trinajstić information content (AvgIpc) is 3.16. The fourth-order valence-electron chi connectivity index (χ4n) is 3.65. The summed E-state index contributed by atoms with van der Waals surface area (Å²) in [7, 11) is 1.61. The summed E-state index contributed by atoms with van der Waals surface area (Å²) in [5.41, 5.74) is 15.2. The maximum absolute atomic E-state index is 13.2. The third kappa shape index (κ3) is 5.61. The van der Waals surface area contributed by atoms with Crippen LogP contribution in [-0.4, -0.2) is 48.8 Å². The molecular formula is C23H28N6O4. The molecule has 10 heteroatoms. The van der Waals surface area contributed by atoms with E-state index in [2.05, 4.69) is 20.9 Å². The molecule has 0 saturated heterocycles. The fourth-order valence-corrected chi connectivity index (χ4v) is 3.65. The molecule has 2 atom stereocenters. The van der Waals surface area contributed by atoms with Crippen molar-refractivity contribution >= 4 is 11.8 Å². The first-order valence-corrected chi connectivity index (χ1v) is 10.7. The highest BCUT2D eigenvalue weighted by Crippen LogP contribution is 2.33. The third-order valence-electron chi connectivity index (χ3n) is 5.45. The molecule has 2 aromatic carbocycles. The number of benzene rings is 2. The second-order valence-corrected chi connectivity index (χ2v) is 7.59. The van der Waals surface area contributed by atoms with Crippen LogP contribution in [0.3, 0.4) is 0 Å². The molecule has 1 aliphatic heterocycles. The number of carbonyl (C=O) groups is 1. The summed E-state index contributed by atoms with van der Waals surface area (Å²) in [4.78, 5) is 20.8. The van der Waals surface area contributed by atoms with Crippen LogP contribution in [0.1, 0.15) is 30.0 Å². The minimum Gasteiger partial charge on any atom is -0.494 e. The lowest BCUT2D eigenvalue weighted by Gasteiger charge is -2.28. The summed E-state index contributed by atoms with van der Waals surface area (Å²) in [6.45, 7) is 2.49. The predicted molar refractivity (Wildman–Crippen MR) is 124 cm³/mol. The number of amides is 1. The predicted octanol–water partition coefficient (Wildman–Crippen LogP) is 2.66. The molecule has 3 N–H and O–H groups in total. The quantitative estimate of drug-likeness (QED) is 0.158. The van der Waals surface area contributed by atoms with E-state index in [9.17, 15) is 4.79 Å². The molecule has 2 aromatic rings. The lowest BCUT2D eigenvalue weighted by molar-refractivity contribution is -0.129. The first kappa shape index (κ1) is 24.1. The summed E-state index contributed by atoms with van der Waals surface area (Å²) < 4.78 is 11.6. The molecular weight excluding hydrogens is 424 g/mol. The van der Waals surface area contributed by atoms with Crippen LogP contribution in [0.5, 0.6) is 5.75 Å². The zero-order chi connectivity index (χ0) is 23.7. The highest BCUT2D eigenvalue weighted by molar-refractivity contribution is 6.00. The number of aliphatic imine (C=N–C) groups is 1. The minimum absolute atomic E-state index is 0.0728. The number of azide groups is 1. The molecule has 1 amide bonds. The molecule has 33 heavy (non-hydrogen) atoms. The summed E-state index contributed by atoms with van der Waals surface area (Å²) in [6.07, 6.45) is 0.276. The monoisotopic (exact) mass is 452 g/mol. The van der Waals surface area contributed by atoms with Crippen molar-refractivity contribution in [3.63, 3.8) is 0 Å². The maximum atomic E-state index is 13.2. The van der Waals surface area contributed by atoms with Crippen LogP contribution in [0.15, 0.2) is 58.6 Å². The van der Waals surface area contributed by atoms with Crippen molar-refractivity contribution in [2.75, 3.05) is 20.3 Å². The highest BCUT2D eigenvalue weighted by atomic mass is 16.5. The lowest BCUT2D eigenvalue weighted by atomic mass is 9.84. The van der Waals surface area contributed by atoms with E-state index in [1.807, 2.05) is 43.3 Å². The van der Waals surface area contributed by atoms with Gasteiger partial charge in [0.05, 0.1) is 13.2 Å². The largest absolute Gasteiger partial charge is 0.494 e. The van der Waals surface area contributed by atoms with Gasteiger partial charge in [-0.1, -0.05) is 29.4 Å². The molecule has 0 spiro atoms. The Morgan fingerprint density at radius 3 is 2.67 bits per heavy atom. The number of carbonyl (C=O) groups excluding carboxylic acids is 1. The van der Waals surface area contributed by atoms with Crippen molar-refractivity contribution in [1.82, 2.24) is 10.9 Å². The number of aliphatic hydroxyl groups excluding tert-OH is 1. The molecule has 174 valence electrons. The van der Waals surface area contributed by atoms with E-state index in [0.717, 1.165) is 16.7 Å². The third-order valence-corrected chi connectivity index (χ3v) is 5.45. The van der Waals surface area contributed by atoms with Crippen LogP contribution in [0.2, 0.25) is 0 Å². The van der Waals surface area contributed by atoms with Gasteiger partial charge in [-0.2, -0.15) is 0 Å². The Balaban J connectivity index is 1.93. The van der Waals surface area contributed by atoms with Crippen molar-refractivity contribution < 1.29 is 19.4 Å². The molecule has 0 radical (unpaired) electrons. The van der Waals surface area contributed by atoms with Crippen molar-refractivity contribution in [2.24, 2.45) is 10.1 Å². The summed E-state index contributed by atoms with van der Waals surface area (Å²) >= 11 is 0. The SMILES string of the molecule is CNNC(=O)[C@@]1(Cc2ccccc2CN=[N+]=[N-])N=C(c2ccc(OCCCO)cc2)O[C@H]1C. The number of aliphatic hydroxyl groups is 1. The maximum Gasteiger partial charge on any atom is 0.266 e. The molecule has 1 aliphatic rings. The van der Waals surface area contributed by atoms with Crippen LogP contribution in [0.4, 0.5) is 0 Å². The van der Waals surface area contributed by atoms with E-state index in [1.54, 1.807) is 19.2 Å². The summed E-state index contributed by atoms with van der Waals surface area (Å²) in [5.74, 6) is 0.711. The first-order chi connectivity index (χ1) is 16.0. The number of ether oxygens (including phenoxy) is 2. The Morgan fingerprint density at radius 1 is 1.27 bits per heavy atom. The molecule has 0 aliphatic carbocycles. The van der Waals surface area contributed by atoms with Gasteiger partial charge in [0.15, 0.2) is 5.54 Å². The second kappa shape index (κ2) is 11.3. The molecule has 0 saturated carbocycles. The van der Waals surface area contributed by atoms with E-state index in [4.69, 9.17) is 25.1 Å². The zero-order valence-electron chi connectivity index (χ0n) is 18.7. The van der Waals surface area contributed by atoms with E-state index < -0.39 is 11.6 Å². The van der Waals surface area contributed by atoms with E-state index in [1.165, 1.54) is 0 Å². The van der Waals surface area contributed by atoms with Crippen LogP contribution >= 0.6 is 0 Å².